The fourth-order valence-electron chi connectivity index (χ4n) is 3.07. The Morgan fingerprint density at radius 3 is 2.76 bits per heavy atom. The number of aromatic nitrogens is 2. The average molecular weight is 287 g/mol. The van der Waals surface area contributed by atoms with Gasteiger partial charge in [0.25, 0.3) is 0 Å². The van der Waals surface area contributed by atoms with E-state index in [4.69, 9.17) is 20.2 Å². The summed E-state index contributed by atoms with van der Waals surface area (Å²) in [6.07, 6.45) is 4.74. The minimum Gasteiger partial charge on any atom is -0.454 e. The van der Waals surface area contributed by atoms with Gasteiger partial charge in [-0.15, -0.1) is 0 Å². The summed E-state index contributed by atoms with van der Waals surface area (Å²) in [5.74, 6) is 3.38. The van der Waals surface area contributed by atoms with E-state index in [-0.39, 0.29) is 6.04 Å². The number of nitrogens with two attached hydrogens (primary N) is 1. The van der Waals surface area contributed by atoms with E-state index in [9.17, 15) is 0 Å². The Bertz CT molecular complexity index is 676. The van der Waals surface area contributed by atoms with Crippen molar-refractivity contribution in [3.63, 3.8) is 0 Å². The Balaban J connectivity index is 1.84. The van der Waals surface area contributed by atoms with Crippen molar-refractivity contribution in [3.05, 3.63) is 18.0 Å². The van der Waals surface area contributed by atoms with Crippen molar-refractivity contribution >= 4 is 11.0 Å². The van der Waals surface area contributed by atoms with Gasteiger partial charge in [0, 0.05) is 30.6 Å². The molecule has 2 heterocycles. The number of rotatable bonds is 4. The van der Waals surface area contributed by atoms with Gasteiger partial charge >= 0.3 is 0 Å². The third-order valence-electron chi connectivity index (χ3n) is 4.68. The van der Waals surface area contributed by atoms with Crippen LogP contribution in [0.4, 0.5) is 0 Å². The second kappa shape index (κ2) is 4.91. The van der Waals surface area contributed by atoms with Crippen LogP contribution in [-0.2, 0) is 6.54 Å². The quantitative estimate of drug-likeness (QED) is 0.939. The molecule has 0 saturated heterocycles. The molecule has 4 rings (SSSR count). The zero-order valence-corrected chi connectivity index (χ0v) is 12.3. The van der Waals surface area contributed by atoms with E-state index in [0.717, 1.165) is 35.5 Å². The first kappa shape index (κ1) is 13.0. The molecular formula is C16H21N3O2. The van der Waals surface area contributed by atoms with Gasteiger partial charge in [0.2, 0.25) is 6.79 Å². The molecular weight excluding hydrogens is 266 g/mol. The summed E-state index contributed by atoms with van der Waals surface area (Å²) in [6.45, 7) is 3.24. The maximum atomic E-state index is 6.19. The van der Waals surface area contributed by atoms with Gasteiger partial charge in [0.05, 0.1) is 11.0 Å². The maximum Gasteiger partial charge on any atom is 0.231 e. The Kier molecular flexibility index (Phi) is 3.03. The second-order valence-corrected chi connectivity index (χ2v) is 6.07. The van der Waals surface area contributed by atoms with Crippen LogP contribution in [0, 0.1) is 0 Å². The lowest BCUT2D eigenvalue weighted by molar-refractivity contribution is 0.174. The SMILES string of the molecule is CCC(N)Cn1c(C2CCC2)nc2cc3c(cc21)OCO3. The van der Waals surface area contributed by atoms with Crippen LogP contribution < -0.4 is 15.2 Å². The van der Waals surface area contributed by atoms with Gasteiger partial charge in [-0.25, -0.2) is 4.98 Å². The lowest BCUT2D eigenvalue weighted by atomic mass is 9.85. The number of fused-ring (bicyclic) bond motifs is 2. The van der Waals surface area contributed by atoms with Gasteiger partial charge in [-0.1, -0.05) is 13.3 Å². The van der Waals surface area contributed by atoms with Gasteiger partial charge < -0.3 is 19.8 Å². The molecule has 0 amide bonds. The highest BCUT2D eigenvalue weighted by Crippen LogP contribution is 2.40. The predicted molar refractivity (Wildman–Crippen MR) is 80.7 cm³/mol. The van der Waals surface area contributed by atoms with Crippen LogP contribution in [0.15, 0.2) is 12.1 Å². The lowest BCUT2D eigenvalue weighted by Gasteiger charge is -2.26. The van der Waals surface area contributed by atoms with Crippen LogP contribution in [0.5, 0.6) is 11.5 Å². The number of imidazole rings is 1. The lowest BCUT2D eigenvalue weighted by Crippen LogP contribution is -2.27. The highest BCUT2D eigenvalue weighted by molar-refractivity contribution is 5.81. The van der Waals surface area contributed by atoms with Crippen LogP contribution in [-0.4, -0.2) is 22.4 Å². The van der Waals surface area contributed by atoms with Gasteiger partial charge in [0.15, 0.2) is 11.5 Å². The smallest absolute Gasteiger partial charge is 0.231 e. The molecule has 2 aromatic rings. The summed E-state index contributed by atoms with van der Waals surface area (Å²) >= 11 is 0. The molecule has 5 heteroatoms. The maximum absolute atomic E-state index is 6.19. The molecule has 1 aliphatic carbocycles. The van der Waals surface area contributed by atoms with E-state index in [1.54, 1.807) is 0 Å². The van der Waals surface area contributed by atoms with Crippen molar-refractivity contribution in [1.29, 1.82) is 0 Å². The summed E-state index contributed by atoms with van der Waals surface area (Å²) in [6, 6.07) is 4.20. The molecule has 0 radical (unpaired) electrons. The van der Waals surface area contributed by atoms with Crippen molar-refractivity contribution < 1.29 is 9.47 Å². The molecule has 1 aromatic carbocycles. The summed E-state index contributed by atoms with van der Waals surface area (Å²) in [4.78, 5) is 4.87. The first-order valence-electron chi connectivity index (χ1n) is 7.81. The molecule has 112 valence electrons. The average Bonchev–Trinajstić information content (AvgIpc) is 3.00. The Labute approximate surface area is 124 Å². The summed E-state index contributed by atoms with van der Waals surface area (Å²) in [5.41, 5.74) is 8.30. The molecule has 0 bridgehead atoms. The monoisotopic (exact) mass is 287 g/mol. The molecule has 2 aliphatic rings. The molecule has 1 saturated carbocycles. The topological polar surface area (TPSA) is 62.3 Å². The van der Waals surface area contributed by atoms with E-state index >= 15 is 0 Å². The van der Waals surface area contributed by atoms with E-state index < -0.39 is 0 Å². The summed E-state index contributed by atoms with van der Waals surface area (Å²) in [7, 11) is 0. The zero-order valence-electron chi connectivity index (χ0n) is 12.3. The predicted octanol–water partition coefficient (Wildman–Crippen LogP) is 2.77. The standard InChI is InChI=1S/C16H21N3O2/c1-2-11(17)8-19-13-7-15-14(20-9-21-15)6-12(13)18-16(19)10-4-3-5-10/h6-7,10-11H,2-5,8-9,17H2,1H3. The van der Waals surface area contributed by atoms with Crippen LogP contribution in [0.2, 0.25) is 0 Å². The molecule has 21 heavy (non-hydrogen) atoms. The van der Waals surface area contributed by atoms with E-state index in [1.807, 2.05) is 6.07 Å². The highest BCUT2D eigenvalue weighted by Gasteiger charge is 2.27. The first-order valence-corrected chi connectivity index (χ1v) is 7.81. The first-order chi connectivity index (χ1) is 10.3. The van der Waals surface area contributed by atoms with Gasteiger partial charge in [-0.2, -0.15) is 0 Å². The minimum atomic E-state index is 0.159. The van der Waals surface area contributed by atoms with Crippen molar-refractivity contribution in [1.82, 2.24) is 9.55 Å². The Morgan fingerprint density at radius 2 is 2.10 bits per heavy atom. The largest absolute Gasteiger partial charge is 0.454 e. The Hall–Kier alpha value is -1.75. The number of ether oxygens (including phenoxy) is 2. The third-order valence-corrected chi connectivity index (χ3v) is 4.68. The fraction of sp³-hybridized carbons (Fsp3) is 0.562. The summed E-state index contributed by atoms with van der Waals surface area (Å²) in [5, 5.41) is 0. The van der Waals surface area contributed by atoms with Crippen LogP contribution in [0.1, 0.15) is 44.3 Å². The fourth-order valence-corrected chi connectivity index (χ4v) is 3.07. The van der Waals surface area contributed by atoms with E-state index in [2.05, 4.69) is 17.6 Å². The molecule has 1 fully saturated rings. The number of benzene rings is 1. The van der Waals surface area contributed by atoms with Crippen molar-refractivity contribution in [2.45, 2.75) is 51.1 Å². The molecule has 1 aromatic heterocycles. The molecule has 0 spiro atoms. The molecule has 1 aliphatic heterocycles. The van der Waals surface area contributed by atoms with Gasteiger partial charge in [0.1, 0.15) is 5.82 Å². The van der Waals surface area contributed by atoms with Gasteiger partial charge in [-0.05, 0) is 19.3 Å². The van der Waals surface area contributed by atoms with Gasteiger partial charge in [-0.3, -0.25) is 0 Å². The normalized spacial score (nSPS) is 19.0. The molecule has 1 unspecified atom stereocenters. The number of hydrogen-bond donors (Lipinski definition) is 1. The van der Waals surface area contributed by atoms with Crippen LogP contribution >= 0.6 is 0 Å². The zero-order chi connectivity index (χ0) is 14.4. The van der Waals surface area contributed by atoms with Crippen LogP contribution in [0.25, 0.3) is 11.0 Å². The van der Waals surface area contributed by atoms with E-state index in [0.29, 0.717) is 12.7 Å². The third kappa shape index (κ3) is 2.07. The molecule has 2 N–H and O–H groups in total. The number of nitrogens with zero attached hydrogens (tertiary/aromatic N) is 2. The van der Waals surface area contributed by atoms with Crippen molar-refractivity contribution in [3.8, 4) is 11.5 Å². The molecule has 1 atom stereocenters. The Morgan fingerprint density at radius 1 is 1.33 bits per heavy atom. The molecule has 5 nitrogen and oxygen atoms in total. The van der Waals surface area contributed by atoms with Crippen molar-refractivity contribution in [2.75, 3.05) is 6.79 Å². The number of hydrogen-bond acceptors (Lipinski definition) is 4. The summed E-state index contributed by atoms with van der Waals surface area (Å²) < 4.78 is 13.3. The van der Waals surface area contributed by atoms with Crippen molar-refractivity contribution in [2.24, 2.45) is 5.73 Å². The van der Waals surface area contributed by atoms with E-state index in [1.165, 1.54) is 25.1 Å². The highest BCUT2D eigenvalue weighted by atomic mass is 16.7. The minimum absolute atomic E-state index is 0.159. The second-order valence-electron chi connectivity index (χ2n) is 6.07. The van der Waals surface area contributed by atoms with Crippen LogP contribution in [0.3, 0.4) is 0 Å².